The summed E-state index contributed by atoms with van der Waals surface area (Å²) in [6.45, 7) is 5.34. The predicted molar refractivity (Wildman–Crippen MR) is 115 cm³/mol. The first-order chi connectivity index (χ1) is 14.3. The Hall–Kier alpha value is -2.35. The third kappa shape index (κ3) is 5.84. The second-order valence-electron chi connectivity index (χ2n) is 7.04. The molecule has 2 aromatic rings. The Morgan fingerprint density at radius 3 is 2.73 bits per heavy atom. The summed E-state index contributed by atoms with van der Waals surface area (Å²) in [6, 6.07) is 7.40. The Bertz CT molecular complexity index is 940. The van der Waals surface area contributed by atoms with E-state index in [0.717, 1.165) is 5.56 Å². The topological polar surface area (TPSA) is 73.7 Å². The highest BCUT2D eigenvalue weighted by molar-refractivity contribution is 6.31. The van der Waals surface area contributed by atoms with Crippen molar-refractivity contribution in [1.82, 2.24) is 14.7 Å². The van der Waals surface area contributed by atoms with E-state index in [0.29, 0.717) is 47.7 Å². The zero-order valence-corrected chi connectivity index (χ0v) is 18.3. The highest BCUT2D eigenvalue weighted by Crippen LogP contribution is 2.23. The molecule has 7 nitrogen and oxygen atoms in total. The van der Waals surface area contributed by atoms with Crippen LogP contribution in [0.3, 0.4) is 0 Å². The van der Waals surface area contributed by atoms with Crippen LogP contribution in [-0.2, 0) is 25.6 Å². The van der Waals surface area contributed by atoms with E-state index in [4.69, 9.17) is 32.7 Å². The summed E-state index contributed by atoms with van der Waals surface area (Å²) in [5, 5.41) is 5.49. The molecule has 30 heavy (non-hydrogen) atoms. The SMILES string of the molecule is Cc1nn(Cc2ccc(Cl)cc2)c(Cl)c1/C=C/C(=O)OCC(=O)N1CCOC(C)C1. The molecule has 160 valence electrons. The summed E-state index contributed by atoms with van der Waals surface area (Å²) in [5.41, 5.74) is 2.29. The third-order valence-corrected chi connectivity index (χ3v) is 5.32. The van der Waals surface area contributed by atoms with Crippen molar-refractivity contribution in [3.63, 3.8) is 0 Å². The fraction of sp³-hybridized carbons (Fsp3) is 0.381. The summed E-state index contributed by atoms with van der Waals surface area (Å²) in [5.74, 6) is -0.859. The zero-order chi connectivity index (χ0) is 21.7. The van der Waals surface area contributed by atoms with Crippen LogP contribution >= 0.6 is 23.2 Å². The minimum Gasteiger partial charge on any atom is -0.452 e. The maximum atomic E-state index is 12.2. The highest BCUT2D eigenvalue weighted by Gasteiger charge is 2.22. The fourth-order valence-electron chi connectivity index (χ4n) is 3.09. The van der Waals surface area contributed by atoms with Crippen LogP contribution in [-0.4, -0.2) is 59.0 Å². The van der Waals surface area contributed by atoms with Crippen molar-refractivity contribution in [2.75, 3.05) is 26.3 Å². The standard InChI is InChI=1S/C21H23Cl2N3O4/c1-14-11-25(9-10-29-14)19(27)13-30-20(28)8-7-18-15(2)24-26(21(18)23)12-16-3-5-17(22)6-4-16/h3-8,14H,9-13H2,1-2H3/b8-7+. The molecule has 0 spiro atoms. The quantitative estimate of drug-likeness (QED) is 0.497. The van der Waals surface area contributed by atoms with Crippen LogP contribution in [0.25, 0.3) is 6.08 Å². The third-order valence-electron chi connectivity index (χ3n) is 4.67. The molecule has 1 atom stereocenters. The van der Waals surface area contributed by atoms with Crippen LogP contribution in [0.5, 0.6) is 0 Å². The van der Waals surface area contributed by atoms with E-state index in [1.54, 1.807) is 34.7 Å². The molecule has 1 aliphatic rings. The van der Waals surface area contributed by atoms with Crippen molar-refractivity contribution in [3.8, 4) is 0 Å². The molecular weight excluding hydrogens is 429 g/mol. The molecule has 0 N–H and O–H groups in total. The molecule has 1 aromatic carbocycles. The Morgan fingerprint density at radius 2 is 2.03 bits per heavy atom. The van der Waals surface area contributed by atoms with Crippen LogP contribution in [0, 0.1) is 6.92 Å². The first-order valence-electron chi connectivity index (χ1n) is 9.55. The first-order valence-corrected chi connectivity index (χ1v) is 10.3. The van der Waals surface area contributed by atoms with E-state index in [2.05, 4.69) is 5.10 Å². The highest BCUT2D eigenvalue weighted by atomic mass is 35.5. The number of hydrogen-bond donors (Lipinski definition) is 0. The number of hydrogen-bond acceptors (Lipinski definition) is 5. The maximum Gasteiger partial charge on any atom is 0.331 e. The molecule has 0 radical (unpaired) electrons. The number of aryl methyl sites for hydroxylation is 1. The number of halogens is 2. The summed E-state index contributed by atoms with van der Waals surface area (Å²) in [4.78, 5) is 25.8. The molecule has 1 saturated heterocycles. The van der Waals surface area contributed by atoms with Crippen LogP contribution in [0.4, 0.5) is 0 Å². The Labute approximate surface area is 185 Å². The van der Waals surface area contributed by atoms with Gasteiger partial charge in [0.05, 0.1) is 24.9 Å². The van der Waals surface area contributed by atoms with Crippen molar-refractivity contribution in [2.45, 2.75) is 26.5 Å². The lowest BCUT2D eigenvalue weighted by Crippen LogP contribution is -2.46. The number of rotatable bonds is 6. The smallest absolute Gasteiger partial charge is 0.331 e. The fourth-order valence-corrected chi connectivity index (χ4v) is 3.52. The number of nitrogens with zero attached hydrogens (tertiary/aromatic N) is 3. The molecule has 2 heterocycles. The molecule has 9 heteroatoms. The van der Waals surface area contributed by atoms with Gasteiger partial charge in [0.1, 0.15) is 5.15 Å². The molecular formula is C21H23Cl2N3O4. The van der Waals surface area contributed by atoms with E-state index in [-0.39, 0.29) is 18.6 Å². The van der Waals surface area contributed by atoms with Crippen molar-refractivity contribution in [1.29, 1.82) is 0 Å². The Balaban J connectivity index is 1.57. The zero-order valence-electron chi connectivity index (χ0n) is 16.8. The van der Waals surface area contributed by atoms with Gasteiger partial charge in [-0.1, -0.05) is 35.3 Å². The van der Waals surface area contributed by atoms with E-state index in [1.165, 1.54) is 6.08 Å². The molecule has 0 aliphatic carbocycles. The number of benzene rings is 1. The second kappa shape index (κ2) is 10.1. The Kier molecular flexibility index (Phi) is 7.53. The van der Waals surface area contributed by atoms with Crippen LogP contribution in [0.1, 0.15) is 23.7 Å². The second-order valence-corrected chi connectivity index (χ2v) is 7.83. The molecule has 1 aromatic heterocycles. The van der Waals surface area contributed by atoms with Gasteiger partial charge in [-0.3, -0.25) is 4.79 Å². The molecule has 3 rings (SSSR count). The van der Waals surface area contributed by atoms with E-state index >= 15 is 0 Å². The van der Waals surface area contributed by atoms with Gasteiger partial charge in [-0.25, -0.2) is 9.48 Å². The van der Waals surface area contributed by atoms with Gasteiger partial charge in [-0.15, -0.1) is 0 Å². The van der Waals surface area contributed by atoms with Gasteiger partial charge in [0.2, 0.25) is 0 Å². The van der Waals surface area contributed by atoms with E-state index in [1.807, 2.05) is 19.1 Å². The van der Waals surface area contributed by atoms with Gasteiger partial charge in [0.15, 0.2) is 6.61 Å². The summed E-state index contributed by atoms with van der Waals surface area (Å²) >= 11 is 12.3. The van der Waals surface area contributed by atoms with Gasteiger partial charge in [0.25, 0.3) is 5.91 Å². The van der Waals surface area contributed by atoms with Crippen LogP contribution in [0.15, 0.2) is 30.3 Å². The van der Waals surface area contributed by atoms with Crippen molar-refractivity contribution >= 4 is 41.2 Å². The number of carbonyl (C=O) groups excluding carboxylic acids is 2. The number of amides is 1. The first kappa shape index (κ1) is 22.3. The van der Waals surface area contributed by atoms with Gasteiger partial charge in [0, 0.05) is 29.8 Å². The van der Waals surface area contributed by atoms with E-state index < -0.39 is 5.97 Å². The van der Waals surface area contributed by atoms with Gasteiger partial charge >= 0.3 is 5.97 Å². The van der Waals surface area contributed by atoms with Crippen molar-refractivity contribution in [3.05, 3.63) is 57.3 Å². The van der Waals surface area contributed by atoms with Gasteiger partial charge in [-0.05, 0) is 37.6 Å². The van der Waals surface area contributed by atoms with Crippen LogP contribution in [0.2, 0.25) is 10.2 Å². The number of morpholine rings is 1. The average molecular weight is 452 g/mol. The molecule has 0 bridgehead atoms. The van der Waals surface area contributed by atoms with Gasteiger partial charge < -0.3 is 14.4 Å². The Morgan fingerprint density at radius 1 is 1.30 bits per heavy atom. The summed E-state index contributed by atoms with van der Waals surface area (Å²) < 4.78 is 12.1. The molecule has 1 unspecified atom stereocenters. The summed E-state index contributed by atoms with van der Waals surface area (Å²) in [7, 11) is 0. The van der Waals surface area contributed by atoms with E-state index in [9.17, 15) is 9.59 Å². The molecule has 1 aliphatic heterocycles. The number of ether oxygens (including phenoxy) is 2. The minimum absolute atomic E-state index is 0.0205. The van der Waals surface area contributed by atoms with Crippen molar-refractivity contribution < 1.29 is 19.1 Å². The van der Waals surface area contributed by atoms with Crippen LogP contribution < -0.4 is 0 Å². The number of carbonyl (C=O) groups is 2. The number of esters is 1. The van der Waals surface area contributed by atoms with Gasteiger partial charge in [-0.2, -0.15) is 5.10 Å². The maximum absolute atomic E-state index is 12.2. The lowest BCUT2D eigenvalue weighted by atomic mass is 10.2. The minimum atomic E-state index is -0.620. The van der Waals surface area contributed by atoms with Crippen molar-refractivity contribution in [2.24, 2.45) is 0 Å². The predicted octanol–water partition coefficient (Wildman–Crippen LogP) is 3.35. The molecule has 1 amide bonds. The summed E-state index contributed by atoms with van der Waals surface area (Å²) in [6.07, 6.45) is 2.78. The largest absolute Gasteiger partial charge is 0.452 e. The normalized spacial score (nSPS) is 16.8. The molecule has 0 saturated carbocycles. The lowest BCUT2D eigenvalue weighted by molar-refractivity contribution is -0.151. The molecule has 1 fully saturated rings. The lowest BCUT2D eigenvalue weighted by Gasteiger charge is -2.30. The average Bonchev–Trinajstić information content (AvgIpc) is 2.99. The monoisotopic (exact) mass is 451 g/mol. The number of aromatic nitrogens is 2.